The third-order valence-corrected chi connectivity index (χ3v) is 6.43. The van der Waals surface area contributed by atoms with Crippen LogP contribution >= 0.6 is 39.1 Å². The molecule has 2 aromatic rings. The molecule has 0 spiro atoms. The molecule has 0 amide bonds. The Morgan fingerprint density at radius 2 is 1.81 bits per heavy atom. The molecule has 0 aromatic heterocycles. The molecule has 0 saturated heterocycles. The van der Waals surface area contributed by atoms with E-state index in [9.17, 15) is 4.79 Å². The van der Waals surface area contributed by atoms with Crippen molar-refractivity contribution < 1.29 is 4.79 Å². The minimum absolute atomic E-state index is 0.0196. The van der Waals surface area contributed by atoms with Crippen molar-refractivity contribution in [1.29, 1.82) is 0 Å². The van der Waals surface area contributed by atoms with Crippen LogP contribution < -0.4 is 0 Å². The average molecular weight is 456 g/mol. The van der Waals surface area contributed by atoms with Crippen LogP contribution in [0.2, 0.25) is 10.0 Å². The van der Waals surface area contributed by atoms with Gasteiger partial charge < -0.3 is 0 Å². The monoisotopic (exact) mass is 454 g/mol. The third kappa shape index (κ3) is 4.52. The van der Waals surface area contributed by atoms with Gasteiger partial charge in [-0.25, -0.2) is 0 Å². The van der Waals surface area contributed by atoms with Gasteiger partial charge in [-0.1, -0.05) is 66.0 Å². The van der Waals surface area contributed by atoms with Crippen molar-refractivity contribution in [2.45, 2.75) is 47.0 Å². The standard InChI is InChI=1S/C22H25BrCl2O/c1-6-16-9-18(24)11-20(25)22(16)21(14(4)13(3)15(5)26)19-10-17(23)8-7-12(19)2/h7-11,13-14,21H,6H2,1-5H3. The summed E-state index contributed by atoms with van der Waals surface area (Å²) in [5.41, 5.74) is 4.60. The molecule has 0 N–H and O–H groups in total. The number of halogens is 3. The van der Waals surface area contributed by atoms with Crippen molar-refractivity contribution in [3.63, 3.8) is 0 Å². The van der Waals surface area contributed by atoms with Gasteiger partial charge in [0.25, 0.3) is 0 Å². The lowest BCUT2D eigenvalue weighted by Crippen LogP contribution is -2.25. The van der Waals surface area contributed by atoms with Crippen molar-refractivity contribution in [2.24, 2.45) is 11.8 Å². The smallest absolute Gasteiger partial charge is 0.132 e. The summed E-state index contributed by atoms with van der Waals surface area (Å²) >= 11 is 16.5. The van der Waals surface area contributed by atoms with Crippen molar-refractivity contribution >= 4 is 44.9 Å². The first kappa shape index (κ1) is 21.5. The van der Waals surface area contributed by atoms with Gasteiger partial charge in [-0.15, -0.1) is 0 Å². The van der Waals surface area contributed by atoms with Crippen LogP contribution in [0.15, 0.2) is 34.8 Å². The highest BCUT2D eigenvalue weighted by Gasteiger charge is 2.32. The Morgan fingerprint density at radius 3 is 2.38 bits per heavy atom. The van der Waals surface area contributed by atoms with Crippen LogP contribution in [0, 0.1) is 18.8 Å². The first-order valence-electron chi connectivity index (χ1n) is 8.91. The van der Waals surface area contributed by atoms with E-state index >= 15 is 0 Å². The maximum absolute atomic E-state index is 12.1. The Balaban J connectivity index is 2.77. The number of carbonyl (C=O) groups is 1. The van der Waals surface area contributed by atoms with Crippen LogP contribution in [-0.4, -0.2) is 5.78 Å². The summed E-state index contributed by atoms with van der Waals surface area (Å²) in [5, 5.41) is 1.31. The molecule has 3 atom stereocenters. The Kier molecular flexibility index (Phi) is 7.35. The molecule has 0 fully saturated rings. The van der Waals surface area contributed by atoms with Gasteiger partial charge in [0.15, 0.2) is 0 Å². The summed E-state index contributed by atoms with van der Waals surface area (Å²) in [6.45, 7) is 10.0. The van der Waals surface area contributed by atoms with Crippen LogP contribution in [0.1, 0.15) is 55.9 Å². The van der Waals surface area contributed by atoms with E-state index in [2.05, 4.69) is 48.8 Å². The molecule has 4 heteroatoms. The number of hydrogen-bond donors (Lipinski definition) is 0. The lowest BCUT2D eigenvalue weighted by molar-refractivity contribution is -0.121. The SMILES string of the molecule is CCc1cc(Cl)cc(Cl)c1C(c1cc(Br)ccc1C)C(C)C(C)C(C)=O. The number of carbonyl (C=O) groups excluding carboxylic acids is 1. The molecular weight excluding hydrogens is 431 g/mol. The molecule has 2 rings (SSSR count). The van der Waals surface area contributed by atoms with Crippen LogP contribution in [0.3, 0.4) is 0 Å². The van der Waals surface area contributed by atoms with Crippen molar-refractivity contribution in [2.75, 3.05) is 0 Å². The predicted octanol–water partition coefficient (Wildman–Crippen LogP) is 7.62. The molecule has 0 saturated carbocycles. The van der Waals surface area contributed by atoms with Crippen LogP contribution in [0.4, 0.5) is 0 Å². The van der Waals surface area contributed by atoms with E-state index in [-0.39, 0.29) is 23.5 Å². The summed E-state index contributed by atoms with van der Waals surface area (Å²) in [4.78, 5) is 12.1. The van der Waals surface area contributed by atoms with E-state index in [1.165, 1.54) is 11.1 Å². The normalized spacial score (nSPS) is 14.8. The number of hydrogen-bond acceptors (Lipinski definition) is 1. The Morgan fingerprint density at radius 1 is 1.15 bits per heavy atom. The Bertz CT molecular complexity index is 816. The first-order chi connectivity index (χ1) is 12.2. The highest BCUT2D eigenvalue weighted by molar-refractivity contribution is 9.10. The number of ketones is 1. The summed E-state index contributed by atoms with van der Waals surface area (Å²) in [6, 6.07) is 10.1. The molecule has 3 unspecified atom stereocenters. The number of rotatable bonds is 6. The largest absolute Gasteiger partial charge is 0.300 e. The molecule has 0 aliphatic carbocycles. The van der Waals surface area contributed by atoms with Gasteiger partial charge in [0.2, 0.25) is 0 Å². The lowest BCUT2D eigenvalue weighted by atomic mass is 9.72. The highest BCUT2D eigenvalue weighted by Crippen LogP contribution is 2.44. The molecule has 0 bridgehead atoms. The first-order valence-corrected chi connectivity index (χ1v) is 10.5. The zero-order valence-corrected chi connectivity index (χ0v) is 19.0. The maximum atomic E-state index is 12.1. The lowest BCUT2D eigenvalue weighted by Gasteiger charge is -2.32. The van der Waals surface area contributed by atoms with E-state index in [4.69, 9.17) is 23.2 Å². The fourth-order valence-electron chi connectivity index (χ4n) is 3.59. The highest BCUT2D eigenvalue weighted by atomic mass is 79.9. The Labute approximate surface area is 175 Å². The Hall–Kier alpha value is -0.830. The van der Waals surface area contributed by atoms with Gasteiger partial charge in [0.05, 0.1) is 0 Å². The summed E-state index contributed by atoms with van der Waals surface area (Å²) < 4.78 is 1.02. The fraction of sp³-hybridized carbons (Fsp3) is 0.409. The molecule has 0 aliphatic heterocycles. The second-order valence-electron chi connectivity index (χ2n) is 7.05. The second-order valence-corrected chi connectivity index (χ2v) is 8.81. The van der Waals surface area contributed by atoms with E-state index in [1.54, 1.807) is 6.92 Å². The number of Topliss-reactive ketones (excluding diaryl/α,β-unsaturated/α-hetero) is 1. The van der Waals surface area contributed by atoms with Crippen molar-refractivity contribution in [3.05, 3.63) is 67.1 Å². The van der Waals surface area contributed by atoms with Gasteiger partial charge in [0.1, 0.15) is 5.78 Å². The number of aryl methyl sites for hydroxylation is 2. The summed E-state index contributed by atoms with van der Waals surface area (Å²) in [5.74, 6) is 0.240. The predicted molar refractivity (Wildman–Crippen MR) is 116 cm³/mol. The fourth-order valence-corrected chi connectivity index (χ4v) is 4.62. The molecule has 0 radical (unpaired) electrons. The minimum atomic E-state index is -0.0742. The van der Waals surface area contributed by atoms with Gasteiger partial charge in [-0.3, -0.25) is 4.79 Å². The quantitative estimate of drug-likeness (QED) is 0.437. The molecule has 140 valence electrons. The minimum Gasteiger partial charge on any atom is -0.300 e. The van der Waals surface area contributed by atoms with Gasteiger partial charge in [0, 0.05) is 26.4 Å². The van der Waals surface area contributed by atoms with Gasteiger partial charge in [-0.2, -0.15) is 0 Å². The van der Waals surface area contributed by atoms with E-state index < -0.39 is 0 Å². The molecule has 2 aromatic carbocycles. The molecular formula is C22H25BrCl2O. The zero-order valence-electron chi connectivity index (χ0n) is 15.9. The topological polar surface area (TPSA) is 17.1 Å². The van der Waals surface area contributed by atoms with Gasteiger partial charge in [-0.05, 0) is 72.7 Å². The second kappa shape index (κ2) is 8.91. The molecule has 0 aliphatic rings. The van der Waals surface area contributed by atoms with Gasteiger partial charge >= 0.3 is 0 Å². The summed E-state index contributed by atoms with van der Waals surface area (Å²) in [6.07, 6.45) is 0.834. The van der Waals surface area contributed by atoms with Crippen molar-refractivity contribution in [1.82, 2.24) is 0 Å². The van der Waals surface area contributed by atoms with E-state index in [0.29, 0.717) is 10.0 Å². The van der Waals surface area contributed by atoms with Crippen LogP contribution in [0.5, 0.6) is 0 Å². The zero-order chi connectivity index (χ0) is 19.6. The number of benzene rings is 2. The molecule has 1 nitrogen and oxygen atoms in total. The average Bonchev–Trinajstić information content (AvgIpc) is 2.58. The van der Waals surface area contributed by atoms with E-state index in [0.717, 1.165) is 22.0 Å². The van der Waals surface area contributed by atoms with E-state index in [1.807, 2.05) is 25.1 Å². The van der Waals surface area contributed by atoms with Crippen LogP contribution in [-0.2, 0) is 11.2 Å². The summed E-state index contributed by atoms with van der Waals surface area (Å²) in [7, 11) is 0. The third-order valence-electron chi connectivity index (χ3n) is 5.40. The van der Waals surface area contributed by atoms with Crippen LogP contribution in [0.25, 0.3) is 0 Å². The molecule has 26 heavy (non-hydrogen) atoms. The maximum Gasteiger partial charge on any atom is 0.132 e. The molecule has 0 heterocycles. The van der Waals surface area contributed by atoms with Crippen molar-refractivity contribution in [3.8, 4) is 0 Å².